The quantitative estimate of drug-likeness (QED) is 0.617. The summed E-state index contributed by atoms with van der Waals surface area (Å²) in [4.78, 5) is 14.2. The van der Waals surface area contributed by atoms with Crippen LogP contribution >= 0.6 is 0 Å². The molecular formula is C14H15N3O4. The minimum absolute atomic E-state index is 0.0534. The van der Waals surface area contributed by atoms with E-state index in [9.17, 15) is 10.1 Å². The standard InChI is InChI=1S/C14H15N3O4/c15-11(9-18)8-10-3-5-12(6-4-10)21-14-13(17(19)20)2-1-7-16-14/h1-7,11,18H,8-9,15H2/t11-/m0/s1. The molecule has 0 saturated carbocycles. The second kappa shape index (κ2) is 6.78. The molecule has 2 rings (SSSR count). The van der Waals surface area contributed by atoms with Gasteiger partial charge in [0.15, 0.2) is 0 Å². The molecule has 1 aromatic heterocycles. The molecule has 1 aromatic carbocycles. The zero-order valence-electron chi connectivity index (χ0n) is 11.2. The smallest absolute Gasteiger partial charge is 0.331 e. The van der Waals surface area contributed by atoms with Crippen LogP contribution in [0.2, 0.25) is 0 Å². The van der Waals surface area contributed by atoms with Crippen molar-refractivity contribution >= 4 is 5.69 Å². The Labute approximate surface area is 121 Å². The van der Waals surface area contributed by atoms with Gasteiger partial charge >= 0.3 is 5.69 Å². The molecule has 0 bridgehead atoms. The number of rotatable bonds is 6. The van der Waals surface area contributed by atoms with Crippen LogP contribution in [0.15, 0.2) is 42.6 Å². The second-order valence-electron chi connectivity index (χ2n) is 4.48. The van der Waals surface area contributed by atoms with Crippen molar-refractivity contribution in [3.05, 3.63) is 58.3 Å². The van der Waals surface area contributed by atoms with E-state index in [1.54, 1.807) is 24.3 Å². The zero-order valence-corrected chi connectivity index (χ0v) is 11.2. The summed E-state index contributed by atoms with van der Waals surface area (Å²) in [5, 5.41) is 19.8. The number of nitrogens with zero attached hydrogens (tertiary/aromatic N) is 2. The van der Waals surface area contributed by atoms with Gasteiger partial charge in [-0.15, -0.1) is 0 Å². The molecule has 0 radical (unpaired) electrons. The van der Waals surface area contributed by atoms with E-state index in [0.717, 1.165) is 5.56 Å². The Morgan fingerprint density at radius 1 is 1.33 bits per heavy atom. The van der Waals surface area contributed by atoms with Crippen LogP contribution in [0.3, 0.4) is 0 Å². The highest BCUT2D eigenvalue weighted by Crippen LogP contribution is 2.28. The van der Waals surface area contributed by atoms with Gasteiger partial charge in [0.25, 0.3) is 5.88 Å². The maximum absolute atomic E-state index is 10.9. The molecule has 0 spiro atoms. The van der Waals surface area contributed by atoms with Crippen LogP contribution in [0.5, 0.6) is 11.6 Å². The Bertz CT molecular complexity index is 616. The molecule has 0 saturated heterocycles. The number of aromatic nitrogens is 1. The largest absolute Gasteiger partial charge is 0.434 e. The Balaban J connectivity index is 2.12. The molecular weight excluding hydrogens is 274 g/mol. The summed E-state index contributed by atoms with van der Waals surface area (Å²) in [6, 6.07) is 9.43. The molecule has 110 valence electrons. The number of nitrogens with two attached hydrogens (primary N) is 1. The van der Waals surface area contributed by atoms with E-state index < -0.39 is 4.92 Å². The number of ether oxygens (including phenoxy) is 1. The van der Waals surface area contributed by atoms with Crippen molar-refractivity contribution < 1.29 is 14.8 Å². The third-order valence-corrected chi connectivity index (χ3v) is 2.82. The summed E-state index contributed by atoms with van der Waals surface area (Å²) in [5.74, 6) is 0.389. The molecule has 0 aliphatic rings. The molecule has 21 heavy (non-hydrogen) atoms. The van der Waals surface area contributed by atoms with Gasteiger partial charge in [-0.05, 0) is 30.2 Å². The molecule has 3 N–H and O–H groups in total. The van der Waals surface area contributed by atoms with E-state index in [1.807, 2.05) is 0 Å². The van der Waals surface area contributed by atoms with Crippen LogP contribution in [0.1, 0.15) is 5.56 Å². The van der Waals surface area contributed by atoms with Gasteiger partial charge in [-0.3, -0.25) is 10.1 Å². The Morgan fingerprint density at radius 2 is 2.05 bits per heavy atom. The lowest BCUT2D eigenvalue weighted by atomic mass is 10.1. The monoisotopic (exact) mass is 289 g/mol. The Hall–Kier alpha value is -2.51. The predicted molar refractivity (Wildman–Crippen MR) is 76.2 cm³/mol. The van der Waals surface area contributed by atoms with E-state index in [2.05, 4.69) is 4.98 Å². The maximum Gasteiger partial charge on any atom is 0.331 e. The van der Waals surface area contributed by atoms with Crippen molar-refractivity contribution in [1.29, 1.82) is 0 Å². The first-order valence-electron chi connectivity index (χ1n) is 6.33. The van der Waals surface area contributed by atoms with Gasteiger partial charge in [0, 0.05) is 18.3 Å². The molecule has 1 atom stereocenters. The molecule has 7 nitrogen and oxygen atoms in total. The van der Waals surface area contributed by atoms with Gasteiger partial charge in [0.05, 0.1) is 11.5 Å². The fraction of sp³-hybridized carbons (Fsp3) is 0.214. The Morgan fingerprint density at radius 3 is 2.67 bits per heavy atom. The van der Waals surface area contributed by atoms with Crippen LogP contribution in [-0.4, -0.2) is 27.7 Å². The molecule has 2 aromatic rings. The average molecular weight is 289 g/mol. The maximum atomic E-state index is 10.9. The molecule has 0 fully saturated rings. The van der Waals surface area contributed by atoms with Crippen molar-refractivity contribution in [3.63, 3.8) is 0 Å². The van der Waals surface area contributed by atoms with Crippen molar-refractivity contribution in [2.24, 2.45) is 5.73 Å². The molecule has 1 heterocycles. The fourth-order valence-electron chi connectivity index (χ4n) is 1.77. The predicted octanol–water partition coefficient (Wildman–Crippen LogP) is 1.64. The van der Waals surface area contributed by atoms with Gasteiger partial charge < -0.3 is 15.6 Å². The van der Waals surface area contributed by atoms with E-state index in [4.69, 9.17) is 15.6 Å². The van der Waals surface area contributed by atoms with E-state index in [0.29, 0.717) is 12.2 Å². The highest BCUT2D eigenvalue weighted by atomic mass is 16.6. The minimum Gasteiger partial charge on any atom is -0.434 e. The minimum atomic E-state index is -0.545. The second-order valence-corrected chi connectivity index (χ2v) is 4.48. The lowest BCUT2D eigenvalue weighted by Gasteiger charge is -2.09. The molecule has 7 heteroatoms. The summed E-state index contributed by atoms with van der Waals surface area (Å²) < 4.78 is 5.42. The Kier molecular flexibility index (Phi) is 4.81. The highest BCUT2D eigenvalue weighted by Gasteiger charge is 2.16. The van der Waals surface area contributed by atoms with E-state index in [-0.39, 0.29) is 24.2 Å². The number of hydrogen-bond donors (Lipinski definition) is 2. The van der Waals surface area contributed by atoms with Crippen molar-refractivity contribution in [1.82, 2.24) is 4.98 Å². The third-order valence-electron chi connectivity index (χ3n) is 2.82. The first kappa shape index (κ1) is 14.9. The lowest BCUT2D eigenvalue weighted by molar-refractivity contribution is -0.386. The summed E-state index contributed by atoms with van der Waals surface area (Å²) in [5.41, 5.74) is 6.41. The lowest BCUT2D eigenvalue weighted by Crippen LogP contribution is -2.26. The van der Waals surface area contributed by atoms with Gasteiger partial charge in [-0.1, -0.05) is 12.1 Å². The van der Waals surface area contributed by atoms with Gasteiger partial charge in [0.2, 0.25) is 0 Å². The number of aliphatic hydroxyl groups is 1. The van der Waals surface area contributed by atoms with Crippen molar-refractivity contribution in [3.8, 4) is 11.6 Å². The number of nitro groups is 1. The van der Waals surface area contributed by atoms with Crippen LogP contribution < -0.4 is 10.5 Å². The number of hydrogen-bond acceptors (Lipinski definition) is 6. The number of benzene rings is 1. The van der Waals surface area contributed by atoms with Gasteiger partial charge in [-0.2, -0.15) is 0 Å². The number of aliphatic hydroxyl groups excluding tert-OH is 1. The average Bonchev–Trinajstić information content (AvgIpc) is 2.49. The van der Waals surface area contributed by atoms with Crippen molar-refractivity contribution in [2.45, 2.75) is 12.5 Å². The summed E-state index contributed by atoms with van der Waals surface area (Å²) in [6.07, 6.45) is 1.97. The van der Waals surface area contributed by atoms with E-state index >= 15 is 0 Å². The van der Waals surface area contributed by atoms with Crippen LogP contribution in [0.4, 0.5) is 5.69 Å². The molecule has 0 aliphatic carbocycles. The van der Waals surface area contributed by atoms with Crippen LogP contribution in [-0.2, 0) is 6.42 Å². The normalized spacial score (nSPS) is 11.9. The summed E-state index contributed by atoms with van der Waals surface area (Å²) in [7, 11) is 0. The van der Waals surface area contributed by atoms with Gasteiger partial charge in [-0.25, -0.2) is 4.98 Å². The topological polar surface area (TPSA) is 112 Å². The highest BCUT2D eigenvalue weighted by molar-refractivity contribution is 5.43. The molecule has 0 unspecified atom stereocenters. The number of pyridine rings is 1. The van der Waals surface area contributed by atoms with Gasteiger partial charge in [0.1, 0.15) is 5.75 Å². The summed E-state index contributed by atoms with van der Waals surface area (Å²) in [6.45, 7) is -0.0849. The first-order chi connectivity index (χ1) is 10.1. The van der Waals surface area contributed by atoms with Crippen LogP contribution in [0.25, 0.3) is 0 Å². The van der Waals surface area contributed by atoms with E-state index in [1.165, 1.54) is 18.3 Å². The first-order valence-corrected chi connectivity index (χ1v) is 6.33. The SMILES string of the molecule is N[C@H](CO)Cc1ccc(Oc2ncccc2[N+](=O)[O-])cc1. The van der Waals surface area contributed by atoms with Crippen molar-refractivity contribution in [2.75, 3.05) is 6.61 Å². The molecule has 0 aliphatic heterocycles. The van der Waals surface area contributed by atoms with Crippen LogP contribution in [0, 0.1) is 10.1 Å². The fourth-order valence-corrected chi connectivity index (χ4v) is 1.77. The third kappa shape index (κ3) is 3.98. The summed E-state index contributed by atoms with van der Waals surface area (Å²) >= 11 is 0. The molecule has 0 amide bonds. The zero-order chi connectivity index (χ0) is 15.2.